The minimum absolute atomic E-state index is 0.104. The molecule has 3 aromatic carbocycles. The monoisotopic (exact) mass is 457 g/mol. The van der Waals surface area contributed by atoms with E-state index in [0.29, 0.717) is 10.5 Å². The average Bonchev–Trinajstić information content (AvgIpc) is 2.83. The van der Waals surface area contributed by atoms with E-state index in [0.717, 1.165) is 23.7 Å². The molecule has 0 N–H and O–H groups in total. The number of methoxy groups -OCH3 is 3. The van der Waals surface area contributed by atoms with E-state index in [1.165, 1.54) is 16.0 Å². The summed E-state index contributed by atoms with van der Waals surface area (Å²) in [5.74, 6) is 2.84. The molecule has 0 spiro atoms. The summed E-state index contributed by atoms with van der Waals surface area (Å²) in [6, 6.07) is 25.1. The summed E-state index contributed by atoms with van der Waals surface area (Å²) in [5, 5.41) is 0.621. The maximum Gasteiger partial charge on any atom is 0.222 e. The summed E-state index contributed by atoms with van der Waals surface area (Å²) in [6.07, 6.45) is 1.01. The molecule has 0 saturated carbocycles. The van der Waals surface area contributed by atoms with E-state index in [1.807, 2.05) is 45.9 Å². The molecule has 1 heterocycles. The number of rotatable bonds is 6. The Morgan fingerprint density at radius 2 is 1.07 bits per heavy atom. The lowest BCUT2D eigenvalue weighted by atomic mass is 10.0. The van der Waals surface area contributed by atoms with Crippen LogP contribution in [0.3, 0.4) is 0 Å². The van der Waals surface area contributed by atoms with Crippen molar-refractivity contribution in [2.75, 3.05) is 21.3 Å². The normalized spacial score (nSPS) is 21.1. The SMILES string of the molecule is COc1ccccc1C1CC(c2ccccc2OC)S[S+](c2ccccc2OC)S1. The molecule has 0 radical (unpaired) electrons. The lowest BCUT2D eigenvalue weighted by Gasteiger charge is -2.28. The van der Waals surface area contributed by atoms with Crippen LogP contribution in [0.25, 0.3) is 0 Å². The van der Waals surface area contributed by atoms with Crippen LogP contribution in [0.5, 0.6) is 17.2 Å². The number of ether oxygens (including phenoxy) is 3. The van der Waals surface area contributed by atoms with Crippen LogP contribution in [0.4, 0.5) is 0 Å². The van der Waals surface area contributed by atoms with E-state index in [9.17, 15) is 0 Å². The summed E-state index contributed by atoms with van der Waals surface area (Å²) < 4.78 is 17.1. The van der Waals surface area contributed by atoms with Crippen molar-refractivity contribution in [3.8, 4) is 17.2 Å². The number of benzene rings is 3. The molecule has 3 aromatic rings. The minimum atomic E-state index is -0.104. The first-order valence-electron chi connectivity index (χ1n) is 9.72. The van der Waals surface area contributed by atoms with Gasteiger partial charge in [0.05, 0.1) is 31.8 Å². The maximum absolute atomic E-state index is 5.70. The molecule has 0 aromatic heterocycles. The predicted molar refractivity (Wildman–Crippen MR) is 130 cm³/mol. The Kier molecular flexibility index (Phi) is 7.08. The van der Waals surface area contributed by atoms with Gasteiger partial charge in [0.25, 0.3) is 0 Å². The quantitative estimate of drug-likeness (QED) is 0.297. The largest absolute Gasteiger partial charge is 0.496 e. The van der Waals surface area contributed by atoms with E-state index < -0.39 is 0 Å². The van der Waals surface area contributed by atoms with Crippen LogP contribution in [-0.4, -0.2) is 21.3 Å². The fourth-order valence-electron chi connectivity index (χ4n) is 3.59. The molecule has 1 aliphatic heterocycles. The first-order chi connectivity index (χ1) is 14.7. The molecule has 1 aliphatic rings. The second-order valence-corrected chi connectivity index (χ2v) is 13.0. The van der Waals surface area contributed by atoms with Gasteiger partial charge in [0.15, 0.2) is 14.7 Å². The highest BCUT2D eigenvalue weighted by Crippen LogP contribution is 2.61. The van der Waals surface area contributed by atoms with Gasteiger partial charge in [-0.25, -0.2) is 0 Å². The third-order valence-corrected chi connectivity index (χ3v) is 12.4. The topological polar surface area (TPSA) is 27.7 Å². The summed E-state index contributed by atoms with van der Waals surface area (Å²) in [4.78, 5) is 1.24. The van der Waals surface area contributed by atoms with Gasteiger partial charge in [-0.05, 0) is 30.7 Å². The van der Waals surface area contributed by atoms with Crippen molar-refractivity contribution in [3.63, 3.8) is 0 Å². The summed E-state index contributed by atoms with van der Waals surface area (Å²) in [7, 11) is 9.14. The third-order valence-electron chi connectivity index (χ3n) is 5.06. The molecule has 0 amide bonds. The highest BCUT2D eigenvalue weighted by Gasteiger charge is 2.45. The molecular formula is C24H25O3S3+. The Morgan fingerprint density at radius 1 is 0.633 bits per heavy atom. The van der Waals surface area contributed by atoms with Crippen molar-refractivity contribution < 1.29 is 14.2 Å². The van der Waals surface area contributed by atoms with Crippen LogP contribution in [0.15, 0.2) is 77.7 Å². The van der Waals surface area contributed by atoms with E-state index in [2.05, 4.69) is 48.5 Å². The van der Waals surface area contributed by atoms with Crippen molar-refractivity contribution in [1.29, 1.82) is 0 Å². The van der Waals surface area contributed by atoms with Crippen LogP contribution >= 0.6 is 21.6 Å². The van der Waals surface area contributed by atoms with Crippen LogP contribution < -0.4 is 14.2 Å². The zero-order valence-electron chi connectivity index (χ0n) is 17.2. The lowest BCUT2D eigenvalue weighted by Crippen LogP contribution is -2.14. The molecule has 0 aliphatic carbocycles. The number of hydrogen-bond donors (Lipinski definition) is 0. The smallest absolute Gasteiger partial charge is 0.222 e. The fraction of sp³-hybridized carbons (Fsp3) is 0.250. The second kappa shape index (κ2) is 9.94. The molecule has 2 atom stereocenters. The van der Waals surface area contributed by atoms with Crippen molar-refractivity contribution >= 4 is 30.5 Å². The summed E-state index contributed by atoms with van der Waals surface area (Å²) >= 11 is 0. The van der Waals surface area contributed by atoms with Gasteiger partial charge in [-0.15, -0.1) is 0 Å². The standard InChI is InChI=1S/C24H25O3S3/c1-25-19-12-6-4-10-17(19)22-16-23(18-11-5-7-13-20(18)26-2)29-30(28-22)24-15-9-8-14-21(24)27-3/h4-15,22-23H,16H2,1-3H3/q+1. The van der Waals surface area contributed by atoms with Crippen molar-refractivity contribution in [1.82, 2.24) is 0 Å². The summed E-state index contributed by atoms with van der Waals surface area (Å²) in [5.41, 5.74) is 2.50. The average molecular weight is 458 g/mol. The van der Waals surface area contributed by atoms with Crippen LogP contribution in [-0.2, 0) is 8.96 Å². The zero-order chi connectivity index (χ0) is 20.9. The van der Waals surface area contributed by atoms with Crippen molar-refractivity contribution in [2.45, 2.75) is 21.8 Å². The van der Waals surface area contributed by atoms with E-state index >= 15 is 0 Å². The minimum Gasteiger partial charge on any atom is -0.496 e. The van der Waals surface area contributed by atoms with Gasteiger partial charge in [0.1, 0.15) is 33.1 Å². The Morgan fingerprint density at radius 3 is 1.57 bits per heavy atom. The van der Waals surface area contributed by atoms with Crippen molar-refractivity contribution in [2.24, 2.45) is 0 Å². The van der Waals surface area contributed by atoms with Crippen LogP contribution in [0.1, 0.15) is 28.0 Å². The molecule has 6 heteroatoms. The summed E-state index contributed by atoms with van der Waals surface area (Å²) in [6.45, 7) is 0. The van der Waals surface area contributed by atoms with Crippen molar-refractivity contribution in [3.05, 3.63) is 83.9 Å². The molecule has 2 unspecified atom stereocenters. The number of hydrogen-bond acceptors (Lipinski definition) is 5. The third kappa shape index (κ3) is 4.41. The Bertz CT molecular complexity index is 861. The Hall–Kier alpha value is -1.89. The second-order valence-electron chi connectivity index (χ2n) is 6.77. The highest BCUT2D eigenvalue weighted by atomic mass is 33.5. The molecule has 1 saturated heterocycles. The first-order valence-corrected chi connectivity index (χ1v) is 13.7. The molecule has 3 nitrogen and oxygen atoms in total. The molecular weight excluding hydrogens is 432 g/mol. The molecule has 1 fully saturated rings. The molecule has 156 valence electrons. The van der Waals surface area contributed by atoms with E-state index in [4.69, 9.17) is 14.2 Å². The van der Waals surface area contributed by atoms with E-state index in [1.54, 1.807) is 21.3 Å². The van der Waals surface area contributed by atoms with Crippen LogP contribution in [0, 0.1) is 0 Å². The number of para-hydroxylation sites is 3. The highest BCUT2D eigenvalue weighted by molar-refractivity contribution is 9.06. The molecule has 0 bridgehead atoms. The van der Waals surface area contributed by atoms with Gasteiger partial charge in [0, 0.05) is 11.1 Å². The van der Waals surface area contributed by atoms with E-state index in [-0.39, 0.29) is 8.96 Å². The van der Waals surface area contributed by atoms with Gasteiger partial charge in [-0.1, -0.05) is 48.5 Å². The van der Waals surface area contributed by atoms with Gasteiger partial charge in [0.2, 0.25) is 4.90 Å². The molecule has 4 rings (SSSR count). The van der Waals surface area contributed by atoms with Gasteiger partial charge in [-0.3, -0.25) is 0 Å². The Labute approximate surface area is 188 Å². The molecule has 30 heavy (non-hydrogen) atoms. The maximum atomic E-state index is 5.70. The van der Waals surface area contributed by atoms with Crippen LogP contribution in [0.2, 0.25) is 0 Å². The van der Waals surface area contributed by atoms with Gasteiger partial charge < -0.3 is 14.2 Å². The lowest BCUT2D eigenvalue weighted by molar-refractivity contribution is 0.405. The fourth-order valence-corrected chi connectivity index (χ4v) is 12.1. The first kappa shape index (κ1) is 21.3. The predicted octanol–water partition coefficient (Wildman–Crippen LogP) is 6.87. The van der Waals surface area contributed by atoms with Gasteiger partial charge in [-0.2, -0.15) is 0 Å². The Balaban J connectivity index is 1.76. The van der Waals surface area contributed by atoms with Gasteiger partial charge >= 0.3 is 0 Å². The zero-order valence-corrected chi connectivity index (χ0v) is 19.7.